The van der Waals surface area contributed by atoms with Crippen molar-refractivity contribution in [2.24, 2.45) is 0 Å². The lowest BCUT2D eigenvalue weighted by molar-refractivity contribution is 0.0360. The second-order valence-corrected chi connectivity index (χ2v) is 4.48. The fourth-order valence-electron chi connectivity index (χ4n) is 1.36. The molecule has 0 aromatic carbocycles. The second kappa shape index (κ2) is 5.11. The lowest BCUT2D eigenvalue weighted by atomic mass is 10.2. The van der Waals surface area contributed by atoms with Crippen molar-refractivity contribution in [3.05, 3.63) is 28.3 Å². The van der Waals surface area contributed by atoms with Gasteiger partial charge >= 0.3 is 0 Å². The zero-order chi connectivity index (χ0) is 12.3. The van der Waals surface area contributed by atoms with Crippen molar-refractivity contribution < 1.29 is 9.63 Å². The van der Waals surface area contributed by atoms with E-state index < -0.39 is 0 Å². The molecule has 0 saturated heterocycles. The first-order chi connectivity index (χ1) is 8.20. The van der Waals surface area contributed by atoms with Gasteiger partial charge in [-0.1, -0.05) is 0 Å². The minimum Gasteiger partial charge on any atom is -0.356 e. The Kier molecular flexibility index (Phi) is 3.55. The van der Waals surface area contributed by atoms with Crippen molar-refractivity contribution in [3.63, 3.8) is 0 Å². The Hall–Kier alpha value is -1.66. The van der Waals surface area contributed by atoms with Crippen LogP contribution < -0.4 is 5.48 Å². The average molecular weight is 251 g/mol. The molecule has 2 aromatic heterocycles. The van der Waals surface area contributed by atoms with Crippen LogP contribution in [0.2, 0.25) is 0 Å². The summed E-state index contributed by atoms with van der Waals surface area (Å²) >= 11 is 1.58. The number of nitrogens with one attached hydrogen (secondary N) is 2. The van der Waals surface area contributed by atoms with Crippen molar-refractivity contribution in [1.29, 1.82) is 0 Å². The molecule has 2 aromatic rings. The third-order valence-electron chi connectivity index (χ3n) is 2.15. The standard InChI is InChI=1S/C11H13N3O2S/c1-3-16-14-11(15)9-4-8(5-12-9)10-6-17-7(2)13-10/h4-6,12H,3H2,1-2H3,(H,14,15). The lowest BCUT2D eigenvalue weighted by Crippen LogP contribution is -2.23. The van der Waals surface area contributed by atoms with E-state index in [0.29, 0.717) is 12.3 Å². The molecule has 5 nitrogen and oxygen atoms in total. The van der Waals surface area contributed by atoms with Gasteiger partial charge in [-0.3, -0.25) is 9.63 Å². The first-order valence-corrected chi connectivity index (χ1v) is 6.11. The summed E-state index contributed by atoms with van der Waals surface area (Å²) in [5.41, 5.74) is 4.56. The molecule has 0 fully saturated rings. The average Bonchev–Trinajstić information content (AvgIpc) is 2.93. The number of amides is 1. The maximum Gasteiger partial charge on any atom is 0.291 e. The summed E-state index contributed by atoms with van der Waals surface area (Å²) < 4.78 is 0. The minimum atomic E-state index is -0.287. The predicted octanol–water partition coefficient (Wildman–Crippen LogP) is 2.13. The highest BCUT2D eigenvalue weighted by atomic mass is 32.1. The molecule has 0 saturated carbocycles. The first kappa shape index (κ1) is 11.8. The number of aromatic amines is 1. The largest absolute Gasteiger partial charge is 0.356 e. The summed E-state index contributed by atoms with van der Waals surface area (Å²) in [5.74, 6) is -0.287. The number of carbonyl (C=O) groups is 1. The van der Waals surface area contributed by atoms with Crippen molar-refractivity contribution in [1.82, 2.24) is 15.4 Å². The van der Waals surface area contributed by atoms with E-state index >= 15 is 0 Å². The monoisotopic (exact) mass is 251 g/mol. The second-order valence-electron chi connectivity index (χ2n) is 3.42. The number of aromatic nitrogens is 2. The van der Waals surface area contributed by atoms with Gasteiger partial charge in [0, 0.05) is 17.1 Å². The Morgan fingerprint density at radius 3 is 3.12 bits per heavy atom. The Balaban J connectivity index is 2.13. The number of carbonyl (C=O) groups excluding carboxylic acids is 1. The molecule has 90 valence electrons. The molecule has 2 rings (SSSR count). The van der Waals surface area contributed by atoms with E-state index in [-0.39, 0.29) is 5.91 Å². The summed E-state index contributed by atoms with van der Waals surface area (Å²) in [7, 11) is 0. The topological polar surface area (TPSA) is 67.0 Å². The van der Waals surface area contributed by atoms with Gasteiger partial charge in [-0.15, -0.1) is 11.3 Å². The number of aryl methyl sites for hydroxylation is 1. The SMILES string of the molecule is CCONC(=O)c1cc(-c2csc(C)n2)c[nH]1. The number of rotatable bonds is 4. The van der Waals surface area contributed by atoms with E-state index in [0.717, 1.165) is 16.3 Å². The van der Waals surface area contributed by atoms with Crippen LogP contribution in [0.15, 0.2) is 17.6 Å². The van der Waals surface area contributed by atoms with Gasteiger partial charge in [-0.25, -0.2) is 10.5 Å². The lowest BCUT2D eigenvalue weighted by Gasteiger charge is -2.00. The quantitative estimate of drug-likeness (QED) is 0.818. The van der Waals surface area contributed by atoms with Gasteiger partial charge < -0.3 is 4.98 Å². The van der Waals surface area contributed by atoms with Gasteiger partial charge in [0.2, 0.25) is 0 Å². The van der Waals surface area contributed by atoms with Gasteiger partial charge in [0.05, 0.1) is 17.3 Å². The van der Waals surface area contributed by atoms with Crippen LogP contribution in [0, 0.1) is 6.92 Å². The number of hydrogen-bond donors (Lipinski definition) is 2. The molecule has 2 heterocycles. The molecule has 0 atom stereocenters. The molecule has 17 heavy (non-hydrogen) atoms. The third kappa shape index (κ3) is 2.72. The molecule has 2 N–H and O–H groups in total. The summed E-state index contributed by atoms with van der Waals surface area (Å²) in [6.45, 7) is 4.19. The maximum atomic E-state index is 11.6. The molecule has 0 aliphatic carbocycles. The summed E-state index contributed by atoms with van der Waals surface area (Å²) in [5, 5.41) is 2.96. The Labute approximate surface area is 103 Å². The molecule has 0 radical (unpaired) electrons. The Morgan fingerprint density at radius 1 is 1.65 bits per heavy atom. The maximum absolute atomic E-state index is 11.6. The number of hydrogen-bond acceptors (Lipinski definition) is 4. The van der Waals surface area contributed by atoms with E-state index in [1.54, 1.807) is 30.5 Å². The first-order valence-electron chi connectivity index (χ1n) is 5.23. The molecule has 0 bridgehead atoms. The van der Waals surface area contributed by atoms with Gasteiger partial charge in [0.25, 0.3) is 5.91 Å². The molecule has 0 spiro atoms. The molecule has 1 amide bonds. The number of H-pyrrole nitrogens is 1. The number of hydroxylamine groups is 1. The van der Waals surface area contributed by atoms with E-state index in [9.17, 15) is 4.79 Å². The van der Waals surface area contributed by atoms with Crippen molar-refractivity contribution in [2.45, 2.75) is 13.8 Å². The Morgan fingerprint density at radius 2 is 2.47 bits per heavy atom. The van der Waals surface area contributed by atoms with Crippen molar-refractivity contribution in [3.8, 4) is 11.3 Å². The highest BCUT2D eigenvalue weighted by molar-refractivity contribution is 7.09. The summed E-state index contributed by atoms with van der Waals surface area (Å²) in [6.07, 6.45) is 1.76. The molecular weight excluding hydrogens is 238 g/mol. The summed E-state index contributed by atoms with van der Waals surface area (Å²) in [4.78, 5) is 23.7. The number of nitrogens with zero attached hydrogens (tertiary/aromatic N) is 1. The fourth-order valence-corrected chi connectivity index (χ4v) is 1.98. The van der Waals surface area contributed by atoms with Crippen LogP contribution in [-0.2, 0) is 4.84 Å². The zero-order valence-electron chi connectivity index (χ0n) is 9.61. The van der Waals surface area contributed by atoms with Crippen LogP contribution in [0.5, 0.6) is 0 Å². The van der Waals surface area contributed by atoms with E-state index in [2.05, 4.69) is 15.4 Å². The van der Waals surface area contributed by atoms with E-state index in [4.69, 9.17) is 4.84 Å². The van der Waals surface area contributed by atoms with E-state index in [1.807, 2.05) is 12.3 Å². The number of thiazole rings is 1. The normalized spacial score (nSPS) is 10.5. The van der Waals surface area contributed by atoms with Crippen LogP contribution in [0.3, 0.4) is 0 Å². The minimum absolute atomic E-state index is 0.287. The van der Waals surface area contributed by atoms with Gasteiger partial charge in [0.1, 0.15) is 5.69 Å². The predicted molar refractivity (Wildman–Crippen MR) is 65.7 cm³/mol. The fraction of sp³-hybridized carbons (Fsp3) is 0.273. The zero-order valence-corrected chi connectivity index (χ0v) is 10.4. The van der Waals surface area contributed by atoms with Crippen LogP contribution in [-0.4, -0.2) is 22.5 Å². The highest BCUT2D eigenvalue weighted by Crippen LogP contribution is 2.22. The van der Waals surface area contributed by atoms with E-state index in [1.165, 1.54) is 0 Å². The summed E-state index contributed by atoms with van der Waals surface area (Å²) in [6, 6.07) is 1.75. The van der Waals surface area contributed by atoms with Crippen molar-refractivity contribution >= 4 is 17.2 Å². The molecule has 6 heteroatoms. The van der Waals surface area contributed by atoms with Gasteiger partial charge in [-0.05, 0) is 19.9 Å². The van der Waals surface area contributed by atoms with Crippen LogP contribution in [0.25, 0.3) is 11.3 Å². The smallest absolute Gasteiger partial charge is 0.291 e. The molecule has 0 aliphatic rings. The highest BCUT2D eigenvalue weighted by Gasteiger charge is 2.10. The van der Waals surface area contributed by atoms with Gasteiger partial charge in [0.15, 0.2) is 0 Å². The molecular formula is C11H13N3O2S. The Bertz CT molecular complexity index is 518. The molecule has 0 aliphatic heterocycles. The van der Waals surface area contributed by atoms with Crippen LogP contribution in [0.4, 0.5) is 0 Å². The van der Waals surface area contributed by atoms with Crippen LogP contribution in [0.1, 0.15) is 22.4 Å². The third-order valence-corrected chi connectivity index (χ3v) is 2.93. The van der Waals surface area contributed by atoms with Gasteiger partial charge in [-0.2, -0.15) is 0 Å². The molecule has 0 unspecified atom stereocenters. The van der Waals surface area contributed by atoms with Crippen molar-refractivity contribution in [2.75, 3.05) is 6.61 Å². The van der Waals surface area contributed by atoms with Crippen LogP contribution >= 0.6 is 11.3 Å².